The van der Waals surface area contributed by atoms with Crippen LogP contribution in [0.4, 0.5) is 5.82 Å². The number of pyridine rings is 1. The van der Waals surface area contributed by atoms with Crippen LogP contribution in [0.3, 0.4) is 0 Å². The number of nitrogens with two attached hydrogens (primary N) is 1. The number of aromatic amines is 1. The average Bonchev–Trinajstić information content (AvgIpc) is 2.89. The Balaban J connectivity index is 2.24. The van der Waals surface area contributed by atoms with Crippen LogP contribution in [0.5, 0.6) is 0 Å². The van der Waals surface area contributed by atoms with Crippen molar-refractivity contribution in [2.24, 2.45) is 0 Å². The normalized spacial score (nSPS) is 10.8. The third-order valence-electron chi connectivity index (χ3n) is 3.31. The molecule has 0 amide bonds. The van der Waals surface area contributed by atoms with Crippen molar-refractivity contribution in [3.05, 3.63) is 41.9 Å². The third kappa shape index (κ3) is 2.35. The fourth-order valence-electron chi connectivity index (χ4n) is 2.31. The Labute approximate surface area is 122 Å². The molecule has 0 saturated heterocycles. The summed E-state index contributed by atoms with van der Waals surface area (Å²) in [5.74, 6) is 0.431. The highest BCUT2D eigenvalue weighted by Crippen LogP contribution is 2.34. The summed E-state index contributed by atoms with van der Waals surface area (Å²) in [5.41, 5.74) is 11.2. The first kappa shape index (κ1) is 13.2. The minimum absolute atomic E-state index is 0.431. The van der Waals surface area contributed by atoms with Crippen LogP contribution >= 0.6 is 0 Å². The molecule has 0 saturated carbocycles. The van der Waals surface area contributed by atoms with Gasteiger partial charge in [-0.1, -0.05) is 13.0 Å². The molecule has 0 bridgehead atoms. The predicted octanol–water partition coefficient (Wildman–Crippen LogP) is 2.38. The lowest BCUT2D eigenvalue weighted by molar-refractivity contribution is 0.893. The molecule has 0 radical (unpaired) electrons. The van der Waals surface area contributed by atoms with Crippen molar-refractivity contribution in [1.82, 2.24) is 25.4 Å². The summed E-state index contributed by atoms with van der Waals surface area (Å²) in [7, 11) is 0. The van der Waals surface area contributed by atoms with Crippen molar-refractivity contribution < 1.29 is 0 Å². The highest BCUT2D eigenvalue weighted by atomic mass is 15.2. The molecule has 21 heavy (non-hydrogen) atoms. The summed E-state index contributed by atoms with van der Waals surface area (Å²) >= 11 is 0. The minimum atomic E-state index is 0.431. The SMILES string of the molecule is CCc1nnc(C)cc1-c1[nH]nc(N)c1-c1ccccn1. The Bertz CT molecular complexity index is 763. The van der Waals surface area contributed by atoms with Crippen LogP contribution in [-0.2, 0) is 6.42 Å². The molecule has 106 valence electrons. The summed E-state index contributed by atoms with van der Waals surface area (Å²) in [5, 5.41) is 15.5. The van der Waals surface area contributed by atoms with Gasteiger partial charge in [0.2, 0.25) is 0 Å². The minimum Gasteiger partial charge on any atom is -0.382 e. The van der Waals surface area contributed by atoms with Crippen LogP contribution in [0, 0.1) is 6.92 Å². The van der Waals surface area contributed by atoms with Gasteiger partial charge in [-0.25, -0.2) is 0 Å². The van der Waals surface area contributed by atoms with Gasteiger partial charge >= 0.3 is 0 Å². The maximum Gasteiger partial charge on any atom is 0.155 e. The fraction of sp³-hybridized carbons (Fsp3) is 0.200. The van der Waals surface area contributed by atoms with Crippen molar-refractivity contribution >= 4 is 5.82 Å². The maximum atomic E-state index is 6.02. The molecule has 0 aliphatic heterocycles. The smallest absolute Gasteiger partial charge is 0.155 e. The zero-order chi connectivity index (χ0) is 14.8. The van der Waals surface area contributed by atoms with Crippen LogP contribution < -0.4 is 5.73 Å². The summed E-state index contributed by atoms with van der Waals surface area (Å²) in [6, 6.07) is 7.70. The standard InChI is InChI=1S/C15H16N6/c1-3-11-10(8-9(2)18-19-11)14-13(15(16)21-20-14)12-6-4-5-7-17-12/h4-8H,3H2,1-2H3,(H3,16,20,21). The number of H-pyrrole nitrogens is 1. The molecule has 0 spiro atoms. The van der Waals surface area contributed by atoms with Gasteiger partial charge in [-0.15, -0.1) is 0 Å². The number of hydrogen-bond acceptors (Lipinski definition) is 5. The summed E-state index contributed by atoms with van der Waals surface area (Å²) in [6.45, 7) is 3.96. The second-order valence-electron chi connectivity index (χ2n) is 4.77. The zero-order valence-corrected chi connectivity index (χ0v) is 12.0. The van der Waals surface area contributed by atoms with Crippen molar-refractivity contribution in [3.8, 4) is 22.5 Å². The molecule has 3 aromatic rings. The fourth-order valence-corrected chi connectivity index (χ4v) is 2.31. The number of nitrogen functional groups attached to an aromatic ring is 1. The van der Waals surface area contributed by atoms with E-state index in [9.17, 15) is 0 Å². The number of rotatable bonds is 3. The zero-order valence-electron chi connectivity index (χ0n) is 12.0. The number of aryl methyl sites for hydroxylation is 2. The molecular weight excluding hydrogens is 264 g/mol. The molecule has 0 fully saturated rings. The highest BCUT2D eigenvalue weighted by molar-refractivity contribution is 5.86. The van der Waals surface area contributed by atoms with E-state index in [0.717, 1.165) is 40.3 Å². The topological polar surface area (TPSA) is 93.4 Å². The van der Waals surface area contributed by atoms with E-state index in [1.54, 1.807) is 6.20 Å². The van der Waals surface area contributed by atoms with Crippen LogP contribution in [0.25, 0.3) is 22.5 Å². The van der Waals surface area contributed by atoms with Gasteiger partial charge in [0, 0.05) is 11.8 Å². The first-order valence-electron chi connectivity index (χ1n) is 6.79. The van der Waals surface area contributed by atoms with Crippen LogP contribution in [0.15, 0.2) is 30.5 Å². The maximum absolute atomic E-state index is 6.02. The van der Waals surface area contributed by atoms with Crippen molar-refractivity contribution in [2.75, 3.05) is 5.73 Å². The van der Waals surface area contributed by atoms with Gasteiger partial charge in [-0.2, -0.15) is 15.3 Å². The van der Waals surface area contributed by atoms with E-state index in [1.807, 2.05) is 38.1 Å². The molecule has 3 N–H and O–H groups in total. The highest BCUT2D eigenvalue weighted by Gasteiger charge is 2.18. The van der Waals surface area contributed by atoms with Crippen LogP contribution in [0.2, 0.25) is 0 Å². The van der Waals surface area contributed by atoms with Crippen molar-refractivity contribution in [1.29, 1.82) is 0 Å². The Morgan fingerprint density at radius 1 is 1.24 bits per heavy atom. The molecular formula is C15H16N6. The molecule has 0 aromatic carbocycles. The van der Waals surface area contributed by atoms with Gasteiger partial charge in [0.05, 0.1) is 28.3 Å². The molecule has 6 heteroatoms. The molecule has 0 aliphatic carbocycles. The molecule has 6 nitrogen and oxygen atoms in total. The van der Waals surface area contributed by atoms with Gasteiger partial charge in [0.25, 0.3) is 0 Å². The second kappa shape index (κ2) is 5.32. The van der Waals surface area contributed by atoms with Gasteiger partial charge in [-0.05, 0) is 31.5 Å². The monoisotopic (exact) mass is 280 g/mol. The van der Waals surface area contributed by atoms with E-state index < -0.39 is 0 Å². The van der Waals surface area contributed by atoms with Gasteiger partial charge in [0.15, 0.2) is 5.82 Å². The first-order valence-corrected chi connectivity index (χ1v) is 6.79. The number of aromatic nitrogens is 5. The lowest BCUT2D eigenvalue weighted by Crippen LogP contribution is -1.99. The Morgan fingerprint density at radius 2 is 2.10 bits per heavy atom. The largest absolute Gasteiger partial charge is 0.382 e. The van der Waals surface area contributed by atoms with E-state index >= 15 is 0 Å². The van der Waals surface area contributed by atoms with E-state index in [1.165, 1.54) is 0 Å². The molecule has 0 atom stereocenters. The van der Waals surface area contributed by atoms with Crippen molar-refractivity contribution in [3.63, 3.8) is 0 Å². The Kier molecular flexibility index (Phi) is 3.35. The third-order valence-corrected chi connectivity index (χ3v) is 3.31. The predicted molar refractivity (Wildman–Crippen MR) is 81.4 cm³/mol. The molecule has 0 aliphatic rings. The number of nitrogens with zero attached hydrogens (tertiary/aromatic N) is 4. The van der Waals surface area contributed by atoms with Crippen LogP contribution in [0.1, 0.15) is 18.3 Å². The van der Waals surface area contributed by atoms with E-state index in [2.05, 4.69) is 25.4 Å². The second-order valence-corrected chi connectivity index (χ2v) is 4.77. The van der Waals surface area contributed by atoms with Crippen LogP contribution in [-0.4, -0.2) is 25.4 Å². The van der Waals surface area contributed by atoms with Gasteiger partial charge < -0.3 is 5.73 Å². The average molecular weight is 280 g/mol. The lowest BCUT2D eigenvalue weighted by atomic mass is 10.0. The quantitative estimate of drug-likeness (QED) is 0.768. The Morgan fingerprint density at radius 3 is 2.81 bits per heavy atom. The van der Waals surface area contributed by atoms with Gasteiger partial charge in [0.1, 0.15) is 0 Å². The molecule has 0 unspecified atom stereocenters. The lowest BCUT2D eigenvalue weighted by Gasteiger charge is -2.08. The molecule has 3 rings (SSSR count). The number of nitrogens with one attached hydrogen (secondary N) is 1. The summed E-state index contributed by atoms with van der Waals surface area (Å²) < 4.78 is 0. The van der Waals surface area contributed by atoms with E-state index in [0.29, 0.717) is 5.82 Å². The first-order chi connectivity index (χ1) is 10.2. The molecule has 3 heterocycles. The number of hydrogen-bond donors (Lipinski definition) is 2. The summed E-state index contributed by atoms with van der Waals surface area (Å²) in [4.78, 5) is 4.37. The Hall–Kier alpha value is -2.76. The molecule has 3 aromatic heterocycles. The van der Waals surface area contributed by atoms with Crippen molar-refractivity contribution in [2.45, 2.75) is 20.3 Å². The summed E-state index contributed by atoms with van der Waals surface area (Å²) in [6.07, 6.45) is 2.52. The van der Waals surface area contributed by atoms with E-state index in [-0.39, 0.29) is 0 Å². The van der Waals surface area contributed by atoms with E-state index in [4.69, 9.17) is 5.73 Å². The van der Waals surface area contributed by atoms with Gasteiger partial charge in [-0.3, -0.25) is 10.1 Å². The number of anilines is 1.